The van der Waals surface area contributed by atoms with Gasteiger partial charge in [-0.2, -0.15) is 0 Å². The molecule has 1 aliphatic rings. The zero-order valence-electron chi connectivity index (χ0n) is 10.1. The maximum absolute atomic E-state index is 6.26. The van der Waals surface area contributed by atoms with Gasteiger partial charge in [-0.15, -0.1) is 12.3 Å². The third-order valence-corrected chi connectivity index (χ3v) is 3.66. The molecule has 2 nitrogen and oxygen atoms in total. The molecule has 15 heavy (non-hydrogen) atoms. The van der Waals surface area contributed by atoms with Crippen molar-refractivity contribution in [1.29, 1.82) is 0 Å². The van der Waals surface area contributed by atoms with Crippen molar-refractivity contribution in [3.05, 3.63) is 0 Å². The van der Waals surface area contributed by atoms with Crippen LogP contribution >= 0.6 is 0 Å². The third-order valence-electron chi connectivity index (χ3n) is 3.66. The Bertz CT molecular complexity index is 221. The van der Waals surface area contributed by atoms with Crippen molar-refractivity contribution in [2.75, 3.05) is 13.1 Å². The molecule has 0 aromatic heterocycles. The maximum Gasteiger partial charge on any atom is 0.0304 e. The molecule has 0 aromatic carbocycles. The Morgan fingerprint density at radius 2 is 2.00 bits per heavy atom. The molecule has 1 aliphatic heterocycles. The number of unbranched alkanes of at least 4 members (excludes halogenated alkanes) is 1. The molecule has 86 valence electrons. The molecule has 0 aliphatic carbocycles. The Morgan fingerprint density at radius 1 is 1.40 bits per heavy atom. The van der Waals surface area contributed by atoms with E-state index in [1.165, 1.54) is 25.9 Å². The summed E-state index contributed by atoms with van der Waals surface area (Å²) in [7, 11) is 0. The fourth-order valence-corrected chi connectivity index (χ4v) is 2.31. The molecule has 1 atom stereocenters. The van der Waals surface area contributed by atoms with Gasteiger partial charge in [0.15, 0.2) is 0 Å². The van der Waals surface area contributed by atoms with E-state index in [9.17, 15) is 0 Å². The predicted octanol–water partition coefficient (Wildman–Crippen LogP) is 1.99. The van der Waals surface area contributed by atoms with Crippen molar-refractivity contribution in [2.45, 2.75) is 57.5 Å². The molecule has 2 heteroatoms. The predicted molar refractivity (Wildman–Crippen MR) is 65.5 cm³/mol. The molecular weight excluding hydrogens is 184 g/mol. The quantitative estimate of drug-likeness (QED) is 0.553. The second-order valence-corrected chi connectivity index (χ2v) is 5.05. The highest BCUT2D eigenvalue weighted by Gasteiger charge is 2.33. The number of nitrogens with zero attached hydrogens (tertiary/aromatic N) is 1. The summed E-state index contributed by atoms with van der Waals surface area (Å²) >= 11 is 0. The molecule has 2 N–H and O–H groups in total. The summed E-state index contributed by atoms with van der Waals surface area (Å²) < 4.78 is 0. The van der Waals surface area contributed by atoms with E-state index in [1.807, 2.05) is 0 Å². The fourth-order valence-electron chi connectivity index (χ4n) is 2.31. The zero-order chi connectivity index (χ0) is 11.3. The van der Waals surface area contributed by atoms with E-state index in [4.69, 9.17) is 12.2 Å². The first-order valence-electron chi connectivity index (χ1n) is 6.03. The summed E-state index contributed by atoms with van der Waals surface area (Å²) in [4.78, 5) is 2.52. The second kappa shape index (κ2) is 5.53. The van der Waals surface area contributed by atoms with Gasteiger partial charge in [-0.3, -0.25) is 4.90 Å². The molecule has 1 rings (SSSR count). The Labute approximate surface area is 94.2 Å². The van der Waals surface area contributed by atoms with Crippen molar-refractivity contribution in [1.82, 2.24) is 4.90 Å². The minimum Gasteiger partial charge on any atom is -0.326 e. The smallest absolute Gasteiger partial charge is 0.0304 e. The van der Waals surface area contributed by atoms with Crippen LogP contribution in [0.5, 0.6) is 0 Å². The minimum absolute atomic E-state index is 0.130. The van der Waals surface area contributed by atoms with E-state index in [0.717, 1.165) is 19.3 Å². The molecule has 1 heterocycles. The monoisotopic (exact) mass is 208 g/mol. The number of terminal acetylenes is 1. The van der Waals surface area contributed by atoms with Crippen LogP contribution in [-0.4, -0.2) is 29.6 Å². The summed E-state index contributed by atoms with van der Waals surface area (Å²) in [6.07, 6.45) is 10.8. The first kappa shape index (κ1) is 12.5. The number of hydrogen-bond donors (Lipinski definition) is 1. The standard InChI is InChI=1S/C13H24N2/c1-4-5-6-9-12(14)13(2,3)15-10-7-8-11-15/h1,12H,5-11,14H2,2-3H3. The van der Waals surface area contributed by atoms with Crippen molar-refractivity contribution < 1.29 is 0 Å². The Hall–Kier alpha value is -0.520. The van der Waals surface area contributed by atoms with Crippen molar-refractivity contribution in [3.8, 4) is 12.3 Å². The van der Waals surface area contributed by atoms with Crippen LogP contribution < -0.4 is 5.73 Å². The molecule has 0 aromatic rings. The highest BCUT2D eigenvalue weighted by Crippen LogP contribution is 2.25. The number of likely N-dealkylation sites (tertiary alicyclic amines) is 1. The van der Waals surface area contributed by atoms with Crippen LogP contribution in [0.4, 0.5) is 0 Å². The van der Waals surface area contributed by atoms with Crippen LogP contribution in [0, 0.1) is 12.3 Å². The van der Waals surface area contributed by atoms with E-state index in [2.05, 4.69) is 24.7 Å². The molecule has 1 unspecified atom stereocenters. The minimum atomic E-state index is 0.130. The lowest BCUT2D eigenvalue weighted by atomic mass is 9.89. The van der Waals surface area contributed by atoms with E-state index in [-0.39, 0.29) is 11.6 Å². The van der Waals surface area contributed by atoms with Gasteiger partial charge in [0.2, 0.25) is 0 Å². The molecule has 0 bridgehead atoms. The number of rotatable bonds is 5. The summed E-state index contributed by atoms with van der Waals surface area (Å²) in [6.45, 7) is 6.93. The van der Waals surface area contributed by atoms with Gasteiger partial charge in [-0.25, -0.2) is 0 Å². The van der Waals surface area contributed by atoms with Crippen LogP contribution in [0.25, 0.3) is 0 Å². The van der Waals surface area contributed by atoms with Crippen molar-refractivity contribution in [3.63, 3.8) is 0 Å². The largest absolute Gasteiger partial charge is 0.326 e. The van der Waals surface area contributed by atoms with Crippen LogP contribution in [0.3, 0.4) is 0 Å². The SMILES string of the molecule is C#CCCCC(N)C(C)(C)N1CCCC1. The fraction of sp³-hybridized carbons (Fsp3) is 0.846. The Morgan fingerprint density at radius 3 is 2.53 bits per heavy atom. The van der Waals surface area contributed by atoms with Crippen LogP contribution in [-0.2, 0) is 0 Å². The van der Waals surface area contributed by atoms with Gasteiger partial charge in [0, 0.05) is 18.0 Å². The van der Waals surface area contributed by atoms with Crippen LogP contribution in [0.2, 0.25) is 0 Å². The van der Waals surface area contributed by atoms with Gasteiger partial charge >= 0.3 is 0 Å². The first-order valence-corrected chi connectivity index (χ1v) is 6.03. The van der Waals surface area contributed by atoms with Gasteiger partial charge in [0.05, 0.1) is 0 Å². The van der Waals surface area contributed by atoms with Gasteiger partial charge in [0.25, 0.3) is 0 Å². The lowest BCUT2D eigenvalue weighted by molar-refractivity contribution is 0.119. The molecule has 0 saturated carbocycles. The van der Waals surface area contributed by atoms with E-state index in [0.29, 0.717) is 0 Å². The van der Waals surface area contributed by atoms with Gasteiger partial charge in [0.1, 0.15) is 0 Å². The highest BCUT2D eigenvalue weighted by atomic mass is 15.2. The number of hydrogen-bond acceptors (Lipinski definition) is 2. The second-order valence-electron chi connectivity index (χ2n) is 5.05. The van der Waals surface area contributed by atoms with Gasteiger partial charge < -0.3 is 5.73 Å². The normalized spacial score (nSPS) is 20.1. The number of nitrogens with two attached hydrogens (primary N) is 1. The summed E-state index contributed by atoms with van der Waals surface area (Å²) in [5.41, 5.74) is 6.39. The van der Waals surface area contributed by atoms with E-state index in [1.54, 1.807) is 0 Å². The van der Waals surface area contributed by atoms with Crippen LogP contribution in [0.1, 0.15) is 46.0 Å². The Kier molecular flexibility index (Phi) is 4.63. The first-order chi connectivity index (χ1) is 7.09. The van der Waals surface area contributed by atoms with Crippen molar-refractivity contribution >= 4 is 0 Å². The highest BCUT2D eigenvalue weighted by molar-refractivity contribution is 4.94. The average Bonchev–Trinajstić information content (AvgIpc) is 2.71. The summed E-state index contributed by atoms with van der Waals surface area (Å²) in [6, 6.07) is 0.240. The van der Waals surface area contributed by atoms with E-state index < -0.39 is 0 Å². The molecule has 0 amide bonds. The molecule has 1 saturated heterocycles. The lowest BCUT2D eigenvalue weighted by Crippen LogP contribution is -2.55. The topological polar surface area (TPSA) is 29.3 Å². The van der Waals surface area contributed by atoms with Crippen molar-refractivity contribution in [2.24, 2.45) is 5.73 Å². The summed E-state index contributed by atoms with van der Waals surface area (Å²) in [5, 5.41) is 0. The third kappa shape index (κ3) is 3.22. The summed E-state index contributed by atoms with van der Waals surface area (Å²) in [5.74, 6) is 2.67. The van der Waals surface area contributed by atoms with Gasteiger partial charge in [-0.05, 0) is 52.6 Å². The van der Waals surface area contributed by atoms with Gasteiger partial charge in [-0.1, -0.05) is 0 Å². The maximum atomic E-state index is 6.26. The van der Waals surface area contributed by atoms with Crippen LogP contribution in [0.15, 0.2) is 0 Å². The molecule has 0 radical (unpaired) electrons. The lowest BCUT2D eigenvalue weighted by Gasteiger charge is -2.40. The zero-order valence-corrected chi connectivity index (χ0v) is 10.1. The van der Waals surface area contributed by atoms with E-state index >= 15 is 0 Å². The molecule has 0 spiro atoms. The average molecular weight is 208 g/mol. The molecular formula is C13H24N2. The molecule has 1 fully saturated rings. The Balaban J connectivity index is 2.41.